The molecule has 0 saturated carbocycles. The van der Waals surface area contributed by atoms with Gasteiger partial charge in [-0.15, -0.1) is 0 Å². The summed E-state index contributed by atoms with van der Waals surface area (Å²) in [6.07, 6.45) is 6.97. The van der Waals surface area contributed by atoms with Crippen molar-refractivity contribution in [2.75, 3.05) is 31.8 Å². The van der Waals surface area contributed by atoms with Crippen molar-refractivity contribution in [2.24, 2.45) is 5.92 Å². The van der Waals surface area contributed by atoms with E-state index in [-0.39, 0.29) is 23.6 Å². The first-order valence-electron chi connectivity index (χ1n) is 7.51. The quantitative estimate of drug-likeness (QED) is 0.616. The molecule has 1 unspecified atom stereocenters. The lowest BCUT2D eigenvalue weighted by Gasteiger charge is -2.29. The highest BCUT2D eigenvalue weighted by molar-refractivity contribution is 5.72. The minimum absolute atomic E-state index is 0.0622. The van der Waals surface area contributed by atoms with Crippen LogP contribution < -0.4 is 10.6 Å². The highest BCUT2D eigenvalue weighted by atomic mass is 16.5. The van der Waals surface area contributed by atoms with Gasteiger partial charge in [-0.25, -0.2) is 4.68 Å². The van der Waals surface area contributed by atoms with E-state index in [9.17, 15) is 9.59 Å². The lowest BCUT2D eigenvalue weighted by molar-refractivity contribution is -0.150. The molecule has 3 rings (SSSR count). The zero-order valence-electron chi connectivity index (χ0n) is 12.6. The van der Waals surface area contributed by atoms with Crippen molar-refractivity contribution in [1.82, 2.24) is 4.68 Å². The molecule has 118 valence electrons. The molecule has 1 saturated heterocycles. The van der Waals surface area contributed by atoms with E-state index in [0.717, 1.165) is 18.7 Å². The van der Waals surface area contributed by atoms with Crippen LogP contribution in [-0.4, -0.2) is 37.5 Å². The molecule has 0 bridgehead atoms. The van der Waals surface area contributed by atoms with E-state index >= 15 is 0 Å². The number of esters is 1. The molecule has 0 radical (unpaired) electrons. The van der Waals surface area contributed by atoms with Crippen LogP contribution in [0, 0.1) is 5.92 Å². The fraction of sp³-hybridized carbons (Fsp3) is 0.500. The number of hydrogen-bond acceptors (Lipinski definition) is 5. The molecule has 1 aromatic rings. The van der Waals surface area contributed by atoms with Gasteiger partial charge in [-0.05, 0) is 24.5 Å². The van der Waals surface area contributed by atoms with E-state index in [0.29, 0.717) is 19.4 Å². The van der Waals surface area contributed by atoms with Gasteiger partial charge in [-0.3, -0.25) is 9.59 Å². The average molecular weight is 304 g/mol. The minimum Gasteiger partial charge on any atom is -0.469 e. The van der Waals surface area contributed by atoms with Crippen LogP contribution in [0.3, 0.4) is 0 Å². The molecular formula is C16H20N2O4. The molecular weight excluding hydrogens is 284 g/mol. The van der Waals surface area contributed by atoms with Gasteiger partial charge in [0.25, 0.3) is 5.56 Å². The molecule has 6 heteroatoms. The molecule has 0 N–H and O–H groups in total. The summed E-state index contributed by atoms with van der Waals surface area (Å²) in [5, 5.41) is 1.95. The van der Waals surface area contributed by atoms with Crippen molar-refractivity contribution < 1.29 is 14.3 Å². The van der Waals surface area contributed by atoms with Crippen molar-refractivity contribution in [3.05, 3.63) is 46.4 Å². The number of carbonyl (C=O) groups excluding carboxylic acids is 1. The molecule has 2 aliphatic heterocycles. The van der Waals surface area contributed by atoms with Crippen molar-refractivity contribution >= 4 is 5.97 Å². The summed E-state index contributed by atoms with van der Waals surface area (Å²) in [7, 11) is 1.41. The maximum absolute atomic E-state index is 12.0. The first-order chi connectivity index (χ1) is 10.7. The Morgan fingerprint density at radius 3 is 2.82 bits per heavy atom. The molecule has 0 aromatic carbocycles. The van der Waals surface area contributed by atoms with Crippen LogP contribution in [-0.2, 0) is 14.3 Å². The molecule has 3 heterocycles. The van der Waals surface area contributed by atoms with Gasteiger partial charge in [-0.1, -0.05) is 12.2 Å². The predicted molar refractivity (Wildman–Crippen MR) is 81.2 cm³/mol. The fourth-order valence-corrected chi connectivity index (χ4v) is 2.96. The Bertz CT molecular complexity index is 629. The van der Waals surface area contributed by atoms with Crippen LogP contribution in [0.1, 0.15) is 24.5 Å². The second-order valence-electron chi connectivity index (χ2n) is 5.59. The van der Waals surface area contributed by atoms with E-state index < -0.39 is 0 Å². The van der Waals surface area contributed by atoms with E-state index in [4.69, 9.17) is 9.47 Å². The highest BCUT2D eigenvalue weighted by Crippen LogP contribution is 2.31. The first kappa shape index (κ1) is 14.8. The van der Waals surface area contributed by atoms with Crippen LogP contribution in [0.5, 0.6) is 0 Å². The van der Waals surface area contributed by atoms with E-state index in [1.54, 1.807) is 16.8 Å². The van der Waals surface area contributed by atoms with Gasteiger partial charge in [0.2, 0.25) is 0 Å². The highest BCUT2D eigenvalue weighted by Gasteiger charge is 2.30. The summed E-state index contributed by atoms with van der Waals surface area (Å²) < 4.78 is 12.2. The van der Waals surface area contributed by atoms with Crippen LogP contribution >= 0.6 is 0 Å². The monoisotopic (exact) mass is 304 g/mol. The van der Waals surface area contributed by atoms with Gasteiger partial charge in [0.1, 0.15) is 0 Å². The maximum Gasteiger partial charge on any atom is 0.308 e. The summed E-state index contributed by atoms with van der Waals surface area (Å²) in [5.74, 6) is -0.331. The van der Waals surface area contributed by atoms with Crippen LogP contribution in [0.2, 0.25) is 0 Å². The summed E-state index contributed by atoms with van der Waals surface area (Å²) in [6.45, 7) is 1.97. The van der Waals surface area contributed by atoms with Crippen molar-refractivity contribution in [1.29, 1.82) is 0 Å². The Labute approximate surface area is 128 Å². The number of rotatable bonds is 3. The zero-order chi connectivity index (χ0) is 15.5. The van der Waals surface area contributed by atoms with Gasteiger partial charge in [0, 0.05) is 18.9 Å². The normalized spacial score (nSPS) is 24.5. The average Bonchev–Trinajstić information content (AvgIpc) is 3.09. The Hall–Kier alpha value is -2.08. The van der Waals surface area contributed by atoms with Gasteiger partial charge in [0.05, 0.1) is 32.2 Å². The smallest absolute Gasteiger partial charge is 0.308 e. The SMILES string of the molecule is COC(=O)[C@H]1CCOC(c2ccc(=O)n(N3CC=CC3)c2)C1. The number of aromatic nitrogens is 1. The zero-order valence-corrected chi connectivity index (χ0v) is 12.6. The second-order valence-corrected chi connectivity index (χ2v) is 5.59. The summed E-state index contributed by atoms with van der Waals surface area (Å²) in [4.78, 5) is 23.8. The lowest BCUT2D eigenvalue weighted by Crippen LogP contribution is -2.40. The van der Waals surface area contributed by atoms with Gasteiger partial charge >= 0.3 is 5.97 Å². The Morgan fingerprint density at radius 1 is 1.32 bits per heavy atom. The molecule has 6 nitrogen and oxygen atoms in total. The van der Waals surface area contributed by atoms with Gasteiger partial charge in [0.15, 0.2) is 0 Å². The summed E-state index contributed by atoms with van der Waals surface area (Å²) in [6, 6.07) is 3.34. The number of nitrogens with zero attached hydrogens (tertiary/aromatic N) is 2. The third-order valence-corrected chi connectivity index (χ3v) is 4.21. The van der Waals surface area contributed by atoms with E-state index in [1.165, 1.54) is 7.11 Å². The number of methoxy groups -OCH3 is 1. The number of carbonyl (C=O) groups is 1. The molecule has 2 aliphatic rings. The topological polar surface area (TPSA) is 60.8 Å². The summed E-state index contributed by atoms with van der Waals surface area (Å²) in [5.41, 5.74) is 0.855. The molecule has 1 fully saturated rings. The second kappa shape index (κ2) is 6.36. The third kappa shape index (κ3) is 2.92. The van der Waals surface area contributed by atoms with Crippen molar-refractivity contribution in [3.63, 3.8) is 0 Å². The molecule has 2 atom stereocenters. The summed E-state index contributed by atoms with van der Waals surface area (Å²) >= 11 is 0. The van der Waals surface area contributed by atoms with Crippen molar-refractivity contribution in [3.8, 4) is 0 Å². The predicted octanol–water partition coefficient (Wildman–Crippen LogP) is 0.997. The molecule has 0 aliphatic carbocycles. The number of ether oxygens (including phenoxy) is 2. The Morgan fingerprint density at radius 2 is 2.09 bits per heavy atom. The Kier molecular flexibility index (Phi) is 4.29. The number of hydrogen-bond donors (Lipinski definition) is 0. The standard InChI is InChI=1S/C16H20N2O4/c1-21-16(20)12-6-9-22-14(10-12)13-4-5-15(19)18(11-13)17-7-2-3-8-17/h2-5,11-12,14H,6-10H2,1H3/t12-,14?/m0/s1. The maximum atomic E-state index is 12.0. The van der Waals surface area contributed by atoms with Crippen LogP contribution in [0.25, 0.3) is 0 Å². The van der Waals surface area contributed by atoms with E-state index in [1.807, 2.05) is 23.4 Å². The molecule has 0 amide bonds. The molecule has 0 spiro atoms. The first-order valence-corrected chi connectivity index (χ1v) is 7.51. The van der Waals surface area contributed by atoms with Crippen molar-refractivity contribution in [2.45, 2.75) is 18.9 Å². The molecule has 1 aromatic heterocycles. The van der Waals surface area contributed by atoms with Gasteiger partial charge < -0.3 is 14.5 Å². The fourth-order valence-electron chi connectivity index (χ4n) is 2.96. The number of pyridine rings is 1. The molecule has 22 heavy (non-hydrogen) atoms. The van der Waals surface area contributed by atoms with Gasteiger partial charge in [-0.2, -0.15) is 0 Å². The largest absolute Gasteiger partial charge is 0.469 e. The van der Waals surface area contributed by atoms with Crippen LogP contribution in [0.4, 0.5) is 0 Å². The lowest BCUT2D eigenvalue weighted by atomic mass is 9.92. The minimum atomic E-state index is -0.189. The van der Waals surface area contributed by atoms with Crippen LogP contribution in [0.15, 0.2) is 35.3 Å². The third-order valence-electron chi connectivity index (χ3n) is 4.21. The van der Waals surface area contributed by atoms with E-state index in [2.05, 4.69) is 0 Å². The Balaban J connectivity index is 1.80.